The van der Waals surface area contributed by atoms with Gasteiger partial charge in [0.1, 0.15) is 0 Å². The van der Waals surface area contributed by atoms with Crippen LogP contribution in [0.1, 0.15) is 59.8 Å². The van der Waals surface area contributed by atoms with Gasteiger partial charge in [-0.15, -0.1) is 0 Å². The van der Waals surface area contributed by atoms with Crippen LogP contribution in [0.5, 0.6) is 0 Å². The summed E-state index contributed by atoms with van der Waals surface area (Å²) in [5.74, 6) is 0.643. The number of nitrogens with zero attached hydrogens (tertiary/aromatic N) is 1. The zero-order valence-electron chi connectivity index (χ0n) is 12.4. The molecule has 0 saturated carbocycles. The van der Waals surface area contributed by atoms with Crippen LogP contribution in [0.4, 0.5) is 0 Å². The minimum Gasteiger partial charge on any atom is -0.394 e. The Balaban J connectivity index is 2.48. The molecule has 0 spiro atoms. The third-order valence-electron chi connectivity index (χ3n) is 3.64. The third kappa shape index (κ3) is 4.97. The van der Waals surface area contributed by atoms with Gasteiger partial charge in [0.2, 0.25) is 5.91 Å². The molecule has 2 unspecified atom stereocenters. The van der Waals surface area contributed by atoms with Gasteiger partial charge in [-0.3, -0.25) is 4.79 Å². The Morgan fingerprint density at radius 2 is 2.06 bits per heavy atom. The maximum absolute atomic E-state index is 12.3. The molecule has 106 valence electrons. The van der Waals surface area contributed by atoms with Gasteiger partial charge in [-0.1, -0.05) is 27.7 Å². The Bertz CT molecular complexity index is 270. The highest BCUT2D eigenvalue weighted by atomic mass is 16.3. The summed E-state index contributed by atoms with van der Waals surface area (Å²) in [6.07, 6.45) is 4.85. The minimum absolute atomic E-state index is 0.0630. The Hall–Kier alpha value is -0.570. The minimum atomic E-state index is 0.0630. The van der Waals surface area contributed by atoms with E-state index in [1.54, 1.807) is 0 Å². The normalized spacial score (nSPS) is 22.9. The second-order valence-electron chi connectivity index (χ2n) is 6.99. The molecule has 3 heteroatoms. The molecule has 1 rings (SSSR count). The second-order valence-corrected chi connectivity index (χ2v) is 6.99. The van der Waals surface area contributed by atoms with Gasteiger partial charge in [-0.05, 0) is 37.0 Å². The Labute approximate surface area is 112 Å². The topological polar surface area (TPSA) is 40.5 Å². The van der Waals surface area contributed by atoms with Crippen molar-refractivity contribution < 1.29 is 9.90 Å². The van der Waals surface area contributed by atoms with Crippen LogP contribution in [0.15, 0.2) is 0 Å². The van der Waals surface area contributed by atoms with Crippen molar-refractivity contribution >= 4 is 5.91 Å². The van der Waals surface area contributed by atoms with Crippen LogP contribution in [-0.4, -0.2) is 35.1 Å². The number of likely N-dealkylation sites (tertiary alicyclic amines) is 1. The van der Waals surface area contributed by atoms with E-state index < -0.39 is 0 Å². The van der Waals surface area contributed by atoms with Crippen molar-refractivity contribution in [1.29, 1.82) is 0 Å². The lowest BCUT2D eigenvalue weighted by atomic mass is 9.84. The SMILES string of the molecule is CC(CC(=O)N1CCCCC1CO)CC(C)(C)C. The number of aliphatic hydroxyl groups is 1. The van der Waals surface area contributed by atoms with Crippen LogP contribution < -0.4 is 0 Å². The first-order chi connectivity index (χ1) is 8.33. The van der Waals surface area contributed by atoms with E-state index in [0.29, 0.717) is 12.3 Å². The highest BCUT2D eigenvalue weighted by molar-refractivity contribution is 5.76. The molecule has 0 bridgehead atoms. The molecule has 0 radical (unpaired) electrons. The maximum Gasteiger partial charge on any atom is 0.223 e. The Kier molecular flexibility index (Phi) is 5.64. The highest BCUT2D eigenvalue weighted by Gasteiger charge is 2.27. The fourth-order valence-electron chi connectivity index (χ4n) is 3.05. The van der Waals surface area contributed by atoms with Gasteiger partial charge in [0.15, 0.2) is 0 Å². The number of amides is 1. The van der Waals surface area contributed by atoms with Crippen LogP contribution in [0.25, 0.3) is 0 Å². The average Bonchev–Trinajstić information content (AvgIpc) is 2.26. The monoisotopic (exact) mass is 255 g/mol. The molecule has 2 atom stereocenters. The number of piperidine rings is 1. The standard InChI is InChI=1S/C15H29NO2/c1-12(10-15(2,3)4)9-14(18)16-8-6-5-7-13(16)11-17/h12-13,17H,5-11H2,1-4H3. The van der Waals surface area contributed by atoms with E-state index in [4.69, 9.17) is 0 Å². The summed E-state index contributed by atoms with van der Waals surface area (Å²) in [5, 5.41) is 9.34. The van der Waals surface area contributed by atoms with Crippen LogP contribution in [0.3, 0.4) is 0 Å². The van der Waals surface area contributed by atoms with Gasteiger partial charge in [0.05, 0.1) is 12.6 Å². The third-order valence-corrected chi connectivity index (χ3v) is 3.64. The average molecular weight is 255 g/mol. The molecule has 0 aliphatic carbocycles. The first-order valence-corrected chi connectivity index (χ1v) is 7.24. The molecule has 0 aromatic rings. The van der Waals surface area contributed by atoms with E-state index in [9.17, 15) is 9.90 Å². The van der Waals surface area contributed by atoms with Crippen molar-refractivity contribution in [3.8, 4) is 0 Å². The Morgan fingerprint density at radius 1 is 1.39 bits per heavy atom. The molecule has 1 N–H and O–H groups in total. The number of hydrogen-bond donors (Lipinski definition) is 1. The number of rotatable bonds is 4. The summed E-state index contributed by atoms with van der Waals surface area (Å²) >= 11 is 0. The van der Waals surface area contributed by atoms with Gasteiger partial charge in [0, 0.05) is 13.0 Å². The van der Waals surface area contributed by atoms with Gasteiger partial charge in [0.25, 0.3) is 0 Å². The quantitative estimate of drug-likeness (QED) is 0.839. The summed E-state index contributed by atoms with van der Waals surface area (Å²) in [7, 11) is 0. The van der Waals surface area contributed by atoms with E-state index >= 15 is 0 Å². The summed E-state index contributed by atoms with van der Waals surface area (Å²) < 4.78 is 0. The van der Waals surface area contributed by atoms with Crippen molar-refractivity contribution in [2.75, 3.05) is 13.2 Å². The van der Waals surface area contributed by atoms with Gasteiger partial charge < -0.3 is 10.0 Å². The molecule has 1 saturated heterocycles. The van der Waals surface area contributed by atoms with Crippen molar-refractivity contribution in [2.24, 2.45) is 11.3 Å². The van der Waals surface area contributed by atoms with E-state index in [1.807, 2.05) is 4.90 Å². The van der Waals surface area contributed by atoms with Crippen molar-refractivity contribution in [3.05, 3.63) is 0 Å². The maximum atomic E-state index is 12.3. The van der Waals surface area contributed by atoms with E-state index in [1.165, 1.54) is 0 Å². The first-order valence-electron chi connectivity index (χ1n) is 7.24. The predicted molar refractivity (Wildman–Crippen MR) is 74.3 cm³/mol. The molecule has 0 aromatic heterocycles. The number of aliphatic hydroxyl groups excluding tert-OH is 1. The molecule has 3 nitrogen and oxygen atoms in total. The highest BCUT2D eigenvalue weighted by Crippen LogP contribution is 2.27. The van der Waals surface area contributed by atoms with E-state index in [-0.39, 0.29) is 24.0 Å². The fraction of sp³-hybridized carbons (Fsp3) is 0.933. The van der Waals surface area contributed by atoms with Crippen LogP contribution >= 0.6 is 0 Å². The van der Waals surface area contributed by atoms with Crippen molar-refractivity contribution in [1.82, 2.24) is 4.90 Å². The van der Waals surface area contributed by atoms with Crippen molar-refractivity contribution in [2.45, 2.75) is 65.8 Å². The molecule has 1 heterocycles. The molecule has 1 aliphatic rings. The van der Waals surface area contributed by atoms with Crippen LogP contribution in [0, 0.1) is 11.3 Å². The predicted octanol–water partition coefficient (Wildman–Crippen LogP) is 2.82. The molecule has 1 fully saturated rings. The van der Waals surface area contributed by atoms with Crippen LogP contribution in [-0.2, 0) is 4.79 Å². The molecular formula is C15H29NO2. The van der Waals surface area contributed by atoms with E-state index in [2.05, 4.69) is 27.7 Å². The second kappa shape index (κ2) is 6.55. The number of hydrogen-bond acceptors (Lipinski definition) is 2. The zero-order chi connectivity index (χ0) is 13.8. The summed E-state index contributed by atoms with van der Waals surface area (Å²) in [4.78, 5) is 14.2. The fourth-order valence-corrected chi connectivity index (χ4v) is 3.05. The summed E-state index contributed by atoms with van der Waals surface area (Å²) in [6.45, 7) is 9.73. The van der Waals surface area contributed by atoms with Gasteiger partial charge in [-0.25, -0.2) is 0 Å². The molecule has 0 aromatic carbocycles. The first kappa shape index (κ1) is 15.5. The van der Waals surface area contributed by atoms with E-state index in [0.717, 1.165) is 32.2 Å². The lowest BCUT2D eigenvalue weighted by Crippen LogP contribution is -2.46. The largest absolute Gasteiger partial charge is 0.394 e. The molecule has 1 amide bonds. The smallest absolute Gasteiger partial charge is 0.223 e. The number of carbonyl (C=O) groups excluding carboxylic acids is 1. The number of carbonyl (C=O) groups is 1. The molecular weight excluding hydrogens is 226 g/mol. The summed E-state index contributed by atoms with van der Waals surface area (Å²) in [5.41, 5.74) is 0.276. The zero-order valence-corrected chi connectivity index (χ0v) is 12.4. The lowest BCUT2D eigenvalue weighted by molar-refractivity contribution is -0.137. The van der Waals surface area contributed by atoms with Gasteiger partial charge in [-0.2, -0.15) is 0 Å². The van der Waals surface area contributed by atoms with Gasteiger partial charge >= 0.3 is 0 Å². The van der Waals surface area contributed by atoms with Crippen LogP contribution in [0.2, 0.25) is 0 Å². The lowest BCUT2D eigenvalue weighted by Gasteiger charge is -2.35. The van der Waals surface area contributed by atoms with Crippen molar-refractivity contribution in [3.63, 3.8) is 0 Å². The Morgan fingerprint density at radius 3 is 2.61 bits per heavy atom. The summed E-state index contributed by atoms with van der Waals surface area (Å²) in [6, 6.07) is 0.0630. The molecule has 18 heavy (non-hydrogen) atoms. The molecule has 1 aliphatic heterocycles.